The van der Waals surface area contributed by atoms with Crippen molar-refractivity contribution in [1.82, 2.24) is 14.9 Å². The summed E-state index contributed by atoms with van der Waals surface area (Å²) in [5, 5.41) is 5.03. The third-order valence-electron chi connectivity index (χ3n) is 5.00. The Bertz CT molecular complexity index is 980. The summed E-state index contributed by atoms with van der Waals surface area (Å²) in [4.78, 5) is 28.0. The van der Waals surface area contributed by atoms with E-state index in [9.17, 15) is 4.79 Å². The molecule has 0 radical (unpaired) electrons. The van der Waals surface area contributed by atoms with Gasteiger partial charge in [-0.1, -0.05) is 0 Å². The summed E-state index contributed by atoms with van der Waals surface area (Å²) in [5.74, 6) is 0.711. The van der Waals surface area contributed by atoms with E-state index in [0.29, 0.717) is 12.2 Å². The first-order valence-corrected chi connectivity index (χ1v) is 11.6. The number of nitrogens with zero attached hydrogens (tertiary/aromatic N) is 4. The van der Waals surface area contributed by atoms with Gasteiger partial charge in [0.05, 0.1) is 0 Å². The topological polar surface area (TPSA) is 61.4 Å². The molecule has 1 aliphatic rings. The van der Waals surface area contributed by atoms with Crippen LogP contribution in [0.2, 0.25) is 0 Å². The van der Waals surface area contributed by atoms with Crippen molar-refractivity contribution >= 4 is 50.6 Å². The minimum absolute atomic E-state index is 0.0247. The predicted octanol–water partition coefficient (Wildman–Crippen LogP) is 3.87. The fraction of sp³-hybridized carbons (Fsp3) is 0.381. The molecule has 152 valence electrons. The summed E-state index contributed by atoms with van der Waals surface area (Å²) in [6.07, 6.45) is 2.04. The van der Waals surface area contributed by atoms with E-state index < -0.39 is 0 Å². The van der Waals surface area contributed by atoms with Gasteiger partial charge in [-0.15, -0.1) is 23.1 Å². The summed E-state index contributed by atoms with van der Waals surface area (Å²) in [6, 6.07) is 10.3. The molecule has 2 aromatic heterocycles. The molecule has 0 saturated carbocycles. The molecule has 0 unspecified atom stereocenters. The van der Waals surface area contributed by atoms with Crippen LogP contribution < -0.4 is 10.2 Å². The number of amides is 1. The van der Waals surface area contributed by atoms with Crippen LogP contribution in [0.1, 0.15) is 11.3 Å². The predicted molar refractivity (Wildman–Crippen MR) is 122 cm³/mol. The van der Waals surface area contributed by atoms with Gasteiger partial charge in [-0.05, 0) is 44.3 Å². The maximum Gasteiger partial charge on any atom is 0.225 e. The second-order valence-corrected chi connectivity index (χ2v) is 9.56. The number of carbonyl (C=O) groups excluding carboxylic acids is 1. The van der Waals surface area contributed by atoms with E-state index in [2.05, 4.69) is 57.3 Å². The number of aryl methyl sites for hydroxylation is 1. The molecule has 1 aliphatic heterocycles. The van der Waals surface area contributed by atoms with Gasteiger partial charge in [0.25, 0.3) is 0 Å². The van der Waals surface area contributed by atoms with Gasteiger partial charge in [-0.25, -0.2) is 9.97 Å². The van der Waals surface area contributed by atoms with Crippen molar-refractivity contribution in [2.45, 2.75) is 18.4 Å². The Labute approximate surface area is 179 Å². The quantitative estimate of drug-likeness (QED) is 0.476. The summed E-state index contributed by atoms with van der Waals surface area (Å²) in [6.45, 7) is 6.32. The molecule has 3 heterocycles. The van der Waals surface area contributed by atoms with Crippen LogP contribution in [-0.2, 0) is 4.79 Å². The minimum Gasteiger partial charge on any atom is -0.369 e. The van der Waals surface area contributed by atoms with Crippen molar-refractivity contribution in [2.75, 3.05) is 49.2 Å². The highest BCUT2D eigenvalue weighted by Crippen LogP contribution is 2.30. The average molecular weight is 428 g/mol. The van der Waals surface area contributed by atoms with Crippen molar-refractivity contribution in [3.05, 3.63) is 41.5 Å². The van der Waals surface area contributed by atoms with Crippen molar-refractivity contribution in [1.29, 1.82) is 0 Å². The monoisotopic (exact) mass is 427 g/mol. The van der Waals surface area contributed by atoms with Crippen LogP contribution in [0.4, 0.5) is 11.4 Å². The molecule has 8 heteroatoms. The molecule has 1 fully saturated rings. The number of piperazine rings is 1. The summed E-state index contributed by atoms with van der Waals surface area (Å²) < 4.78 is 0. The maximum absolute atomic E-state index is 12.3. The van der Waals surface area contributed by atoms with Crippen LogP contribution in [-0.4, -0.2) is 59.8 Å². The first-order valence-electron chi connectivity index (χ1n) is 9.76. The van der Waals surface area contributed by atoms with Gasteiger partial charge in [0.15, 0.2) is 0 Å². The lowest BCUT2D eigenvalue weighted by molar-refractivity contribution is -0.115. The van der Waals surface area contributed by atoms with Crippen LogP contribution in [0, 0.1) is 6.92 Å². The molecule has 6 nitrogen and oxygen atoms in total. The van der Waals surface area contributed by atoms with E-state index in [1.54, 1.807) is 29.4 Å². The summed E-state index contributed by atoms with van der Waals surface area (Å²) in [7, 11) is 2.16. The van der Waals surface area contributed by atoms with Crippen LogP contribution in [0.3, 0.4) is 0 Å². The molecule has 0 atom stereocenters. The lowest BCUT2D eigenvalue weighted by Crippen LogP contribution is -2.44. The van der Waals surface area contributed by atoms with Crippen LogP contribution >= 0.6 is 23.1 Å². The van der Waals surface area contributed by atoms with E-state index >= 15 is 0 Å². The number of aromatic nitrogens is 2. The Morgan fingerprint density at radius 2 is 1.93 bits per heavy atom. The summed E-state index contributed by atoms with van der Waals surface area (Å²) >= 11 is 3.28. The number of fused-ring (bicyclic) bond motifs is 1. The van der Waals surface area contributed by atoms with Crippen LogP contribution in [0.25, 0.3) is 10.2 Å². The summed E-state index contributed by atoms with van der Waals surface area (Å²) in [5.41, 5.74) is 2.06. The Morgan fingerprint density at radius 3 is 2.69 bits per heavy atom. The Morgan fingerprint density at radius 1 is 1.17 bits per heavy atom. The largest absolute Gasteiger partial charge is 0.369 e. The van der Waals surface area contributed by atoms with Gasteiger partial charge in [0, 0.05) is 60.0 Å². The highest BCUT2D eigenvalue weighted by atomic mass is 32.2. The molecule has 4 rings (SSSR count). The molecular weight excluding hydrogens is 402 g/mol. The lowest BCUT2D eigenvalue weighted by Gasteiger charge is -2.34. The van der Waals surface area contributed by atoms with Crippen molar-refractivity contribution in [3.8, 4) is 0 Å². The minimum atomic E-state index is 0.0247. The Kier molecular flexibility index (Phi) is 6.32. The molecule has 0 bridgehead atoms. The number of likely N-dealkylation sites (N-methyl/N-ethyl adjacent to an activating group) is 1. The first kappa shape index (κ1) is 20.1. The van der Waals surface area contributed by atoms with E-state index in [1.165, 1.54) is 10.6 Å². The average Bonchev–Trinajstić information content (AvgIpc) is 3.10. The number of thioether (sulfide) groups is 1. The first-order chi connectivity index (χ1) is 14.1. The lowest BCUT2D eigenvalue weighted by atomic mass is 10.2. The second-order valence-electron chi connectivity index (χ2n) is 7.24. The zero-order valence-corrected chi connectivity index (χ0v) is 18.4. The molecule has 1 amide bonds. The third-order valence-corrected chi connectivity index (χ3v) is 6.97. The van der Waals surface area contributed by atoms with E-state index in [4.69, 9.17) is 0 Å². The number of benzene rings is 1. The van der Waals surface area contributed by atoms with Gasteiger partial charge in [0.1, 0.15) is 16.2 Å². The maximum atomic E-state index is 12.3. The van der Waals surface area contributed by atoms with Gasteiger partial charge in [0.2, 0.25) is 5.91 Å². The number of thiophene rings is 1. The number of hydrogen-bond donors (Lipinski definition) is 1. The van der Waals surface area contributed by atoms with Gasteiger partial charge in [-0.3, -0.25) is 4.79 Å². The smallest absolute Gasteiger partial charge is 0.225 e. The fourth-order valence-corrected chi connectivity index (χ4v) is 5.18. The van der Waals surface area contributed by atoms with Crippen LogP contribution in [0.5, 0.6) is 0 Å². The molecule has 3 aromatic rings. The number of nitrogens with one attached hydrogen (secondary N) is 1. The Balaban J connectivity index is 1.27. The van der Waals surface area contributed by atoms with Gasteiger partial charge < -0.3 is 15.1 Å². The van der Waals surface area contributed by atoms with Gasteiger partial charge in [-0.2, -0.15) is 0 Å². The third kappa shape index (κ3) is 5.07. The van der Waals surface area contributed by atoms with E-state index in [1.807, 2.05) is 12.1 Å². The molecule has 1 aromatic carbocycles. The number of rotatable bonds is 6. The normalized spacial score (nSPS) is 15.0. The molecular formula is C21H25N5OS2. The zero-order valence-electron chi connectivity index (χ0n) is 16.7. The number of carbonyl (C=O) groups is 1. The highest BCUT2D eigenvalue weighted by Gasteiger charge is 2.14. The molecule has 0 aliphatic carbocycles. The Hall–Kier alpha value is -2.16. The molecule has 1 N–H and O–H groups in total. The van der Waals surface area contributed by atoms with E-state index in [-0.39, 0.29) is 5.91 Å². The molecule has 29 heavy (non-hydrogen) atoms. The van der Waals surface area contributed by atoms with Crippen molar-refractivity contribution in [3.63, 3.8) is 0 Å². The second kappa shape index (κ2) is 9.11. The molecule has 1 saturated heterocycles. The standard InChI is InChI=1S/C21H25N5OS2/c1-15-13-18-20(22-14-23-21(18)29-15)28-12-7-19(27)24-16-3-5-17(6-4-16)26-10-8-25(2)9-11-26/h3-6,13-14H,7-12H2,1-2H3,(H,24,27). The highest BCUT2D eigenvalue weighted by molar-refractivity contribution is 7.99. The number of hydrogen-bond acceptors (Lipinski definition) is 7. The SMILES string of the molecule is Cc1cc2c(SCCC(=O)Nc3ccc(N4CCN(C)CC4)cc3)ncnc2s1. The molecule has 0 spiro atoms. The fourth-order valence-electron chi connectivity index (χ4n) is 3.35. The zero-order chi connectivity index (χ0) is 20.2. The van der Waals surface area contributed by atoms with Crippen LogP contribution in [0.15, 0.2) is 41.7 Å². The van der Waals surface area contributed by atoms with Crippen molar-refractivity contribution in [2.24, 2.45) is 0 Å². The van der Waals surface area contributed by atoms with Gasteiger partial charge >= 0.3 is 0 Å². The van der Waals surface area contributed by atoms with E-state index in [0.717, 1.165) is 47.1 Å². The van der Waals surface area contributed by atoms with Crippen molar-refractivity contribution < 1.29 is 4.79 Å². The number of anilines is 2.